The van der Waals surface area contributed by atoms with Gasteiger partial charge in [0.1, 0.15) is 5.76 Å². The molecule has 1 saturated carbocycles. The Kier molecular flexibility index (Phi) is 3.41. The largest absolute Gasteiger partial charge is 0.448 e. The van der Waals surface area contributed by atoms with Crippen molar-refractivity contribution in [3.8, 4) is 0 Å². The summed E-state index contributed by atoms with van der Waals surface area (Å²) in [5.41, 5.74) is 1.11. The molecule has 84 valence electrons. The zero-order valence-corrected chi connectivity index (χ0v) is 9.62. The van der Waals surface area contributed by atoms with Crippen molar-refractivity contribution in [2.75, 3.05) is 6.54 Å². The minimum absolute atomic E-state index is 0.642. The summed E-state index contributed by atoms with van der Waals surface area (Å²) >= 11 is 0. The number of nitrogens with zero attached hydrogens (tertiary/aromatic N) is 1. The van der Waals surface area contributed by atoms with E-state index in [9.17, 15) is 0 Å². The topological polar surface area (TPSA) is 38.1 Å². The van der Waals surface area contributed by atoms with Gasteiger partial charge in [-0.1, -0.05) is 20.3 Å². The first kappa shape index (κ1) is 10.7. The number of rotatable bonds is 5. The summed E-state index contributed by atoms with van der Waals surface area (Å²) in [6.07, 6.45) is 5.46. The maximum absolute atomic E-state index is 5.47. The lowest BCUT2D eigenvalue weighted by molar-refractivity contribution is 0.342. The summed E-state index contributed by atoms with van der Waals surface area (Å²) in [5, 5.41) is 3.41. The molecule has 1 aromatic rings. The van der Waals surface area contributed by atoms with Crippen molar-refractivity contribution in [1.29, 1.82) is 0 Å². The van der Waals surface area contributed by atoms with Crippen LogP contribution in [0.3, 0.4) is 0 Å². The van der Waals surface area contributed by atoms with Crippen LogP contribution in [-0.2, 0) is 6.54 Å². The standard InChI is InChI=1S/C12H20N2O/c1-9(2)6-13-7-11-12(15-8-14-11)10-4-3-5-10/h8-10,13H,3-7H2,1-2H3. The van der Waals surface area contributed by atoms with Gasteiger partial charge >= 0.3 is 0 Å². The van der Waals surface area contributed by atoms with E-state index in [0.717, 1.165) is 24.5 Å². The van der Waals surface area contributed by atoms with Gasteiger partial charge in [-0.3, -0.25) is 0 Å². The van der Waals surface area contributed by atoms with Crippen LogP contribution in [0.25, 0.3) is 0 Å². The Bertz CT molecular complexity index is 302. The molecule has 0 saturated heterocycles. The second-order valence-corrected chi connectivity index (χ2v) is 4.82. The van der Waals surface area contributed by atoms with Crippen LogP contribution in [0.1, 0.15) is 50.5 Å². The molecule has 0 amide bonds. The highest BCUT2D eigenvalue weighted by Crippen LogP contribution is 2.37. The van der Waals surface area contributed by atoms with E-state index >= 15 is 0 Å². The average Bonchev–Trinajstić information content (AvgIpc) is 2.50. The van der Waals surface area contributed by atoms with E-state index in [1.54, 1.807) is 6.39 Å². The zero-order valence-electron chi connectivity index (χ0n) is 9.62. The molecule has 15 heavy (non-hydrogen) atoms. The Morgan fingerprint density at radius 2 is 2.33 bits per heavy atom. The van der Waals surface area contributed by atoms with Gasteiger partial charge in [-0.2, -0.15) is 0 Å². The quantitative estimate of drug-likeness (QED) is 0.808. The summed E-state index contributed by atoms with van der Waals surface area (Å²) < 4.78 is 5.47. The Morgan fingerprint density at radius 1 is 1.53 bits per heavy atom. The molecule has 1 heterocycles. The molecule has 2 rings (SSSR count). The fourth-order valence-electron chi connectivity index (χ4n) is 1.89. The number of aromatic nitrogens is 1. The van der Waals surface area contributed by atoms with Gasteiger partial charge < -0.3 is 9.73 Å². The van der Waals surface area contributed by atoms with Crippen molar-refractivity contribution >= 4 is 0 Å². The molecule has 0 radical (unpaired) electrons. The van der Waals surface area contributed by atoms with Crippen LogP contribution in [-0.4, -0.2) is 11.5 Å². The molecule has 1 N–H and O–H groups in total. The van der Waals surface area contributed by atoms with Crippen molar-refractivity contribution in [1.82, 2.24) is 10.3 Å². The van der Waals surface area contributed by atoms with Gasteiger partial charge in [-0.05, 0) is 25.3 Å². The number of nitrogens with one attached hydrogen (secondary N) is 1. The average molecular weight is 208 g/mol. The maximum Gasteiger partial charge on any atom is 0.181 e. The van der Waals surface area contributed by atoms with Gasteiger partial charge in [0, 0.05) is 12.5 Å². The second kappa shape index (κ2) is 4.79. The summed E-state index contributed by atoms with van der Waals surface area (Å²) in [7, 11) is 0. The SMILES string of the molecule is CC(C)CNCc1ncoc1C1CCC1. The highest BCUT2D eigenvalue weighted by Gasteiger charge is 2.25. The lowest BCUT2D eigenvalue weighted by Crippen LogP contribution is -2.21. The molecular weight excluding hydrogens is 188 g/mol. The Hall–Kier alpha value is -0.830. The molecular formula is C12H20N2O. The monoisotopic (exact) mass is 208 g/mol. The number of oxazole rings is 1. The van der Waals surface area contributed by atoms with Gasteiger partial charge in [0.25, 0.3) is 0 Å². The van der Waals surface area contributed by atoms with Gasteiger partial charge in [-0.25, -0.2) is 4.98 Å². The molecule has 0 aromatic carbocycles. The first-order valence-electron chi connectivity index (χ1n) is 5.90. The van der Waals surface area contributed by atoms with Gasteiger partial charge in [0.2, 0.25) is 0 Å². The molecule has 1 fully saturated rings. The summed E-state index contributed by atoms with van der Waals surface area (Å²) in [5.74, 6) is 2.45. The van der Waals surface area contributed by atoms with Crippen LogP contribution in [0.15, 0.2) is 10.8 Å². The van der Waals surface area contributed by atoms with Crippen LogP contribution in [0.5, 0.6) is 0 Å². The fourth-order valence-corrected chi connectivity index (χ4v) is 1.89. The van der Waals surface area contributed by atoms with Crippen molar-refractivity contribution in [3.05, 3.63) is 17.8 Å². The highest BCUT2D eigenvalue weighted by atomic mass is 16.3. The van der Waals surface area contributed by atoms with Gasteiger partial charge in [0.05, 0.1) is 5.69 Å². The highest BCUT2D eigenvalue weighted by molar-refractivity contribution is 5.14. The Balaban J connectivity index is 1.87. The smallest absolute Gasteiger partial charge is 0.181 e. The van der Waals surface area contributed by atoms with Crippen molar-refractivity contribution < 1.29 is 4.42 Å². The van der Waals surface area contributed by atoms with Crippen LogP contribution < -0.4 is 5.32 Å². The normalized spacial score (nSPS) is 17.0. The third kappa shape index (κ3) is 2.59. The molecule has 0 atom stereocenters. The minimum atomic E-state index is 0.642. The van der Waals surface area contributed by atoms with Crippen molar-refractivity contribution in [3.63, 3.8) is 0 Å². The first-order chi connectivity index (χ1) is 7.27. The first-order valence-corrected chi connectivity index (χ1v) is 5.90. The number of hydrogen-bond donors (Lipinski definition) is 1. The predicted molar refractivity (Wildman–Crippen MR) is 59.6 cm³/mol. The van der Waals surface area contributed by atoms with Crippen molar-refractivity contribution in [2.45, 2.75) is 45.6 Å². The lowest BCUT2D eigenvalue weighted by Gasteiger charge is -2.23. The molecule has 1 aliphatic carbocycles. The van der Waals surface area contributed by atoms with Crippen LogP contribution >= 0.6 is 0 Å². The van der Waals surface area contributed by atoms with Crippen LogP contribution in [0.4, 0.5) is 0 Å². The molecule has 0 aliphatic heterocycles. The second-order valence-electron chi connectivity index (χ2n) is 4.82. The van der Waals surface area contributed by atoms with E-state index in [0.29, 0.717) is 11.8 Å². The molecule has 3 heteroatoms. The molecule has 3 nitrogen and oxygen atoms in total. The van der Waals surface area contributed by atoms with E-state index < -0.39 is 0 Å². The summed E-state index contributed by atoms with van der Waals surface area (Å²) in [6.45, 7) is 6.31. The van der Waals surface area contributed by atoms with Crippen molar-refractivity contribution in [2.24, 2.45) is 5.92 Å². The van der Waals surface area contributed by atoms with Gasteiger partial charge in [0.15, 0.2) is 6.39 Å². The zero-order chi connectivity index (χ0) is 10.7. The van der Waals surface area contributed by atoms with Crippen LogP contribution in [0, 0.1) is 5.92 Å². The summed E-state index contributed by atoms with van der Waals surface area (Å²) in [6, 6.07) is 0. The van der Waals surface area contributed by atoms with E-state index in [1.165, 1.54) is 19.3 Å². The van der Waals surface area contributed by atoms with E-state index in [2.05, 4.69) is 24.1 Å². The minimum Gasteiger partial charge on any atom is -0.448 e. The van der Waals surface area contributed by atoms with Crippen LogP contribution in [0.2, 0.25) is 0 Å². The molecule has 1 aromatic heterocycles. The van der Waals surface area contributed by atoms with Gasteiger partial charge in [-0.15, -0.1) is 0 Å². The van der Waals surface area contributed by atoms with E-state index in [-0.39, 0.29) is 0 Å². The molecule has 0 bridgehead atoms. The lowest BCUT2D eigenvalue weighted by atomic mass is 9.83. The Morgan fingerprint density at radius 3 is 2.93 bits per heavy atom. The van der Waals surface area contributed by atoms with E-state index in [1.807, 2.05) is 0 Å². The fraction of sp³-hybridized carbons (Fsp3) is 0.750. The molecule has 0 unspecified atom stereocenters. The van der Waals surface area contributed by atoms with E-state index in [4.69, 9.17) is 4.42 Å². The number of hydrogen-bond acceptors (Lipinski definition) is 3. The molecule has 1 aliphatic rings. The Labute approximate surface area is 91.3 Å². The summed E-state index contributed by atoms with van der Waals surface area (Å²) in [4.78, 5) is 4.29. The third-order valence-electron chi connectivity index (χ3n) is 2.99. The predicted octanol–water partition coefficient (Wildman–Crippen LogP) is 2.69. The molecule has 0 spiro atoms. The third-order valence-corrected chi connectivity index (χ3v) is 2.99. The maximum atomic E-state index is 5.47.